The van der Waals surface area contributed by atoms with Gasteiger partial charge in [-0.1, -0.05) is 12.1 Å². The minimum absolute atomic E-state index is 0.326. The number of ether oxygens (including phenoxy) is 3. The van der Waals surface area contributed by atoms with Gasteiger partial charge in [-0.25, -0.2) is 9.97 Å². The summed E-state index contributed by atoms with van der Waals surface area (Å²) in [6.07, 6.45) is 3.39. The molecule has 2 aromatic carbocycles. The van der Waals surface area contributed by atoms with Crippen molar-refractivity contribution in [2.75, 3.05) is 32.0 Å². The third-order valence-electron chi connectivity index (χ3n) is 5.25. The van der Waals surface area contributed by atoms with Crippen LogP contribution in [-0.4, -0.2) is 42.2 Å². The van der Waals surface area contributed by atoms with Crippen LogP contribution in [0.3, 0.4) is 0 Å². The van der Waals surface area contributed by atoms with E-state index >= 15 is 0 Å². The number of aryl methyl sites for hydroxylation is 1. The Balaban J connectivity index is 1.56. The van der Waals surface area contributed by atoms with E-state index in [0.717, 1.165) is 16.9 Å². The minimum atomic E-state index is -0.326. The molecule has 0 aliphatic carbocycles. The molecule has 0 radical (unpaired) electrons. The molecule has 178 valence electrons. The molecule has 35 heavy (non-hydrogen) atoms. The highest BCUT2D eigenvalue weighted by Gasteiger charge is 2.17. The zero-order valence-electron chi connectivity index (χ0n) is 19.8. The lowest BCUT2D eigenvalue weighted by molar-refractivity contribution is 0.102. The normalized spacial score (nSPS) is 10.4. The number of anilines is 3. The second kappa shape index (κ2) is 10.5. The number of rotatable bonds is 8. The summed E-state index contributed by atoms with van der Waals surface area (Å²) in [7, 11) is 4.51. The first-order chi connectivity index (χ1) is 17.0. The van der Waals surface area contributed by atoms with Crippen LogP contribution >= 0.6 is 0 Å². The molecule has 0 saturated heterocycles. The summed E-state index contributed by atoms with van der Waals surface area (Å²) in [5, 5.41) is 6.14. The summed E-state index contributed by atoms with van der Waals surface area (Å²) in [5.41, 5.74) is 4.13. The summed E-state index contributed by atoms with van der Waals surface area (Å²) >= 11 is 0. The van der Waals surface area contributed by atoms with Gasteiger partial charge in [-0.05, 0) is 55.0 Å². The largest absolute Gasteiger partial charge is 0.493 e. The van der Waals surface area contributed by atoms with Gasteiger partial charge in [0.2, 0.25) is 11.7 Å². The molecule has 4 aromatic rings. The number of carbonyl (C=O) groups excluding carboxylic acids is 1. The molecule has 4 rings (SSSR count). The van der Waals surface area contributed by atoms with Gasteiger partial charge in [0.15, 0.2) is 11.5 Å². The van der Waals surface area contributed by atoms with Gasteiger partial charge in [-0.2, -0.15) is 0 Å². The summed E-state index contributed by atoms with van der Waals surface area (Å²) in [4.78, 5) is 26.2. The Kier molecular flexibility index (Phi) is 7.06. The molecule has 0 saturated carbocycles. The summed E-state index contributed by atoms with van der Waals surface area (Å²) in [6.45, 7) is 1.95. The highest BCUT2D eigenvalue weighted by Crippen LogP contribution is 2.38. The smallest absolute Gasteiger partial charge is 0.255 e. The number of hydrogen-bond donors (Lipinski definition) is 2. The van der Waals surface area contributed by atoms with E-state index < -0.39 is 0 Å². The molecule has 0 aliphatic rings. The van der Waals surface area contributed by atoms with Gasteiger partial charge in [-0.3, -0.25) is 9.78 Å². The molecule has 0 aliphatic heterocycles. The first-order valence-corrected chi connectivity index (χ1v) is 10.8. The highest BCUT2D eigenvalue weighted by atomic mass is 16.5. The summed E-state index contributed by atoms with van der Waals surface area (Å²) in [5.74, 6) is 1.31. The van der Waals surface area contributed by atoms with E-state index in [-0.39, 0.29) is 5.91 Å². The number of amides is 1. The van der Waals surface area contributed by atoms with Crippen molar-refractivity contribution in [1.29, 1.82) is 0 Å². The van der Waals surface area contributed by atoms with Gasteiger partial charge in [-0.15, -0.1) is 0 Å². The zero-order valence-corrected chi connectivity index (χ0v) is 19.8. The van der Waals surface area contributed by atoms with Crippen LogP contribution in [0.25, 0.3) is 11.4 Å². The number of benzene rings is 2. The van der Waals surface area contributed by atoms with E-state index in [4.69, 9.17) is 14.2 Å². The maximum Gasteiger partial charge on any atom is 0.255 e. The van der Waals surface area contributed by atoms with Crippen LogP contribution in [0.2, 0.25) is 0 Å². The van der Waals surface area contributed by atoms with Gasteiger partial charge in [0.1, 0.15) is 0 Å². The number of pyridine rings is 1. The van der Waals surface area contributed by atoms with E-state index in [9.17, 15) is 4.79 Å². The second-order valence-corrected chi connectivity index (χ2v) is 7.50. The standard InChI is InChI=1S/C26H25N5O4/c1-16-8-9-18(29-25(32)17-13-22(33-2)24(35-4)23(14-17)34-3)15-21(16)31-26-28-12-10-20(30-26)19-7-5-6-11-27-19/h5-15H,1-4H3,(H,29,32)(H,28,30,31). The number of aromatic nitrogens is 3. The molecule has 0 fully saturated rings. The minimum Gasteiger partial charge on any atom is -0.493 e. The Bertz CT molecular complexity index is 1320. The fourth-order valence-electron chi connectivity index (χ4n) is 3.45. The second-order valence-electron chi connectivity index (χ2n) is 7.50. The fourth-order valence-corrected chi connectivity index (χ4v) is 3.45. The van der Waals surface area contributed by atoms with Crippen molar-refractivity contribution in [3.05, 3.63) is 78.1 Å². The van der Waals surface area contributed by atoms with E-state index in [1.165, 1.54) is 21.3 Å². The Hall–Kier alpha value is -4.66. The van der Waals surface area contributed by atoms with E-state index in [1.807, 2.05) is 43.3 Å². The van der Waals surface area contributed by atoms with Gasteiger partial charge < -0.3 is 24.8 Å². The highest BCUT2D eigenvalue weighted by molar-refractivity contribution is 6.05. The third-order valence-corrected chi connectivity index (χ3v) is 5.25. The molecular weight excluding hydrogens is 446 g/mol. The summed E-state index contributed by atoms with van der Waals surface area (Å²) < 4.78 is 16.0. The zero-order chi connectivity index (χ0) is 24.8. The molecular formula is C26H25N5O4. The lowest BCUT2D eigenvalue weighted by Gasteiger charge is -2.15. The Morgan fingerprint density at radius 2 is 1.60 bits per heavy atom. The molecule has 1 amide bonds. The number of nitrogens with zero attached hydrogens (tertiary/aromatic N) is 3. The molecule has 2 heterocycles. The van der Waals surface area contributed by atoms with Gasteiger partial charge in [0, 0.05) is 29.3 Å². The van der Waals surface area contributed by atoms with Crippen molar-refractivity contribution >= 4 is 23.2 Å². The van der Waals surface area contributed by atoms with Crippen LogP contribution in [0.15, 0.2) is 67.0 Å². The Morgan fingerprint density at radius 1 is 0.829 bits per heavy atom. The maximum absolute atomic E-state index is 13.0. The molecule has 9 nitrogen and oxygen atoms in total. The number of nitrogens with one attached hydrogen (secondary N) is 2. The fraction of sp³-hybridized carbons (Fsp3) is 0.154. The van der Waals surface area contributed by atoms with Crippen LogP contribution in [0, 0.1) is 6.92 Å². The van der Waals surface area contributed by atoms with Crippen LogP contribution in [-0.2, 0) is 0 Å². The van der Waals surface area contributed by atoms with Crippen molar-refractivity contribution in [1.82, 2.24) is 15.0 Å². The monoisotopic (exact) mass is 471 g/mol. The Labute approximate surface area is 203 Å². The quantitative estimate of drug-likeness (QED) is 0.375. The number of hydrogen-bond acceptors (Lipinski definition) is 8. The molecule has 2 aromatic heterocycles. The first-order valence-electron chi connectivity index (χ1n) is 10.8. The molecule has 0 spiro atoms. The van der Waals surface area contributed by atoms with Gasteiger partial charge in [0.25, 0.3) is 5.91 Å². The van der Waals surface area contributed by atoms with Gasteiger partial charge >= 0.3 is 0 Å². The first kappa shape index (κ1) is 23.5. The lowest BCUT2D eigenvalue weighted by atomic mass is 10.1. The van der Waals surface area contributed by atoms with Crippen molar-refractivity contribution in [3.8, 4) is 28.6 Å². The van der Waals surface area contributed by atoms with Crippen molar-refractivity contribution in [3.63, 3.8) is 0 Å². The van der Waals surface area contributed by atoms with Crippen molar-refractivity contribution < 1.29 is 19.0 Å². The number of methoxy groups -OCH3 is 3. The van der Waals surface area contributed by atoms with E-state index in [0.29, 0.717) is 40.1 Å². The number of carbonyl (C=O) groups is 1. The van der Waals surface area contributed by atoms with Crippen LogP contribution in [0.4, 0.5) is 17.3 Å². The van der Waals surface area contributed by atoms with Crippen molar-refractivity contribution in [2.45, 2.75) is 6.92 Å². The van der Waals surface area contributed by atoms with Crippen LogP contribution < -0.4 is 24.8 Å². The average molecular weight is 472 g/mol. The predicted molar refractivity (Wildman–Crippen MR) is 134 cm³/mol. The SMILES string of the molecule is COc1cc(C(=O)Nc2ccc(C)c(Nc3nccc(-c4ccccn4)n3)c2)cc(OC)c1OC. The van der Waals surface area contributed by atoms with E-state index in [1.54, 1.807) is 30.6 Å². The maximum atomic E-state index is 13.0. The third kappa shape index (κ3) is 5.30. The van der Waals surface area contributed by atoms with Crippen molar-refractivity contribution in [2.24, 2.45) is 0 Å². The lowest BCUT2D eigenvalue weighted by Crippen LogP contribution is -2.13. The molecule has 0 atom stereocenters. The van der Waals surface area contributed by atoms with Gasteiger partial charge in [0.05, 0.1) is 32.7 Å². The molecule has 9 heteroatoms. The molecule has 0 unspecified atom stereocenters. The van der Waals surface area contributed by atoms with E-state index in [2.05, 4.69) is 25.6 Å². The molecule has 0 bridgehead atoms. The molecule has 2 N–H and O–H groups in total. The Morgan fingerprint density at radius 3 is 2.26 bits per heavy atom. The van der Waals surface area contributed by atoms with Crippen LogP contribution in [0.5, 0.6) is 17.2 Å². The summed E-state index contributed by atoms with van der Waals surface area (Å²) in [6, 6.07) is 16.2. The van der Waals surface area contributed by atoms with Crippen LogP contribution in [0.1, 0.15) is 15.9 Å². The average Bonchev–Trinajstić information content (AvgIpc) is 2.90. The predicted octanol–water partition coefficient (Wildman–Crippen LogP) is 4.87. The topological polar surface area (TPSA) is 107 Å².